The SMILES string of the molecule is CC(C)(O)C(C)(C)NC(=O)c1ccc(Cl)cc1Cl. The summed E-state index contributed by atoms with van der Waals surface area (Å²) < 4.78 is 0. The second-order valence-electron chi connectivity index (χ2n) is 5.26. The summed E-state index contributed by atoms with van der Waals surface area (Å²) in [6, 6.07) is 4.66. The Balaban J connectivity index is 2.96. The van der Waals surface area contributed by atoms with Crippen LogP contribution in [0.2, 0.25) is 10.0 Å². The van der Waals surface area contributed by atoms with Crippen molar-refractivity contribution in [2.24, 2.45) is 0 Å². The highest BCUT2D eigenvalue weighted by Gasteiger charge is 2.36. The lowest BCUT2D eigenvalue weighted by atomic mass is 9.86. The van der Waals surface area contributed by atoms with Crippen molar-refractivity contribution in [2.75, 3.05) is 0 Å². The monoisotopic (exact) mass is 289 g/mol. The highest BCUT2D eigenvalue weighted by atomic mass is 35.5. The fourth-order valence-corrected chi connectivity index (χ4v) is 1.67. The number of nitrogens with one attached hydrogen (secondary N) is 1. The van der Waals surface area contributed by atoms with E-state index in [9.17, 15) is 9.90 Å². The van der Waals surface area contributed by atoms with Gasteiger partial charge in [-0.1, -0.05) is 23.2 Å². The highest BCUT2D eigenvalue weighted by molar-refractivity contribution is 6.36. The lowest BCUT2D eigenvalue weighted by Crippen LogP contribution is -2.57. The van der Waals surface area contributed by atoms with Gasteiger partial charge in [-0.2, -0.15) is 0 Å². The van der Waals surface area contributed by atoms with Gasteiger partial charge in [-0.25, -0.2) is 0 Å². The number of aliphatic hydroxyl groups is 1. The van der Waals surface area contributed by atoms with E-state index in [1.165, 1.54) is 6.07 Å². The third-order valence-corrected chi connectivity index (χ3v) is 3.68. The van der Waals surface area contributed by atoms with Gasteiger partial charge in [0.1, 0.15) is 0 Å². The summed E-state index contributed by atoms with van der Waals surface area (Å²) in [5.41, 5.74) is -1.51. The zero-order valence-corrected chi connectivity index (χ0v) is 12.4. The number of halogens is 2. The summed E-state index contributed by atoms with van der Waals surface area (Å²) in [5, 5.41) is 13.5. The normalized spacial score (nSPS) is 12.4. The molecule has 1 aromatic carbocycles. The van der Waals surface area contributed by atoms with Crippen LogP contribution < -0.4 is 5.32 Å². The Bertz CT molecular complexity index is 465. The summed E-state index contributed by atoms with van der Waals surface area (Å²) >= 11 is 11.7. The van der Waals surface area contributed by atoms with Crippen LogP contribution in [0.1, 0.15) is 38.1 Å². The quantitative estimate of drug-likeness (QED) is 0.897. The number of carbonyl (C=O) groups excluding carboxylic acids is 1. The molecule has 18 heavy (non-hydrogen) atoms. The van der Waals surface area contributed by atoms with Gasteiger partial charge in [-0.3, -0.25) is 4.79 Å². The molecule has 0 radical (unpaired) electrons. The van der Waals surface area contributed by atoms with Crippen LogP contribution in [-0.2, 0) is 0 Å². The molecular formula is C13H17Cl2NO2. The Morgan fingerprint density at radius 3 is 2.22 bits per heavy atom. The van der Waals surface area contributed by atoms with Gasteiger partial charge in [0.15, 0.2) is 0 Å². The van der Waals surface area contributed by atoms with Gasteiger partial charge in [-0.15, -0.1) is 0 Å². The number of carbonyl (C=O) groups is 1. The van der Waals surface area contributed by atoms with Crippen LogP contribution in [0.3, 0.4) is 0 Å². The van der Waals surface area contributed by atoms with Gasteiger partial charge in [0, 0.05) is 5.02 Å². The molecule has 0 unspecified atom stereocenters. The van der Waals surface area contributed by atoms with E-state index in [1.54, 1.807) is 39.8 Å². The van der Waals surface area contributed by atoms with Gasteiger partial charge in [0.2, 0.25) is 0 Å². The number of amides is 1. The summed E-state index contributed by atoms with van der Waals surface area (Å²) in [6.45, 7) is 6.76. The van der Waals surface area contributed by atoms with Gasteiger partial charge in [0.05, 0.1) is 21.7 Å². The van der Waals surface area contributed by atoms with Crippen molar-refractivity contribution in [1.82, 2.24) is 5.32 Å². The van der Waals surface area contributed by atoms with Crippen molar-refractivity contribution in [1.29, 1.82) is 0 Å². The van der Waals surface area contributed by atoms with E-state index < -0.39 is 11.1 Å². The van der Waals surface area contributed by atoms with Crippen molar-refractivity contribution >= 4 is 29.1 Å². The predicted octanol–water partition coefficient (Wildman–Crippen LogP) is 3.27. The maximum absolute atomic E-state index is 12.1. The van der Waals surface area contributed by atoms with E-state index in [4.69, 9.17) is 23.2 Å². The molecule has 2 N–H and O–H groups in total. The molecule has 1 rings (SSSR count). The van der Waals surface area contributed by atoms with E-state index in [2.05, 4.69) is 5.32 Å². The number of hydrogen-bond acceptors (Lipinski definition) is 2. The van der Waals surface area contributed by atoms with Gasteiger partial charge in [-0.05, 0) is 45.9 Å². The Morgan fingerprint density at radius 2 is 1.78 bits per heavy atom. The van der Waals surface area contributed by atoms with E-state index in [1.807, 2.05) is 0 Å². The zero-order valence-electron chi connectivity index (χ0n) is 10.8. The molecule has 3 nitrogen and oxygen atoms in total. The first kappa shape index (κ1) is 15.3. The van der Waals surface area contributed by atoms with Crippen LogP contribution in [0.5, 0.6) is 0 Å². The van der Waals surface area contributed by atoms with Crippen LogP contribution in [0.25, 0.3) is 0 Å². The van der Waals surface area contributed by atoms with Crippen LogP contribution in [0.4, 0.5) is 0 Å². The molecule has 0 heterocycles. The lowest BCUT2D eigenvalue weighted by molar-refractivity contribution is -0.00292. The fourth-order valence-electron chi connectivity index (χ4n) is 1.18. The van der Waals surface area contributed by atoms with Crippen LogP contribution >= 0.6 is 23.2 Å². The highest BCUT2D eigenvalue weighted by Crippen LogP contribution is 2.24. The van der Waals surface area contributed by atoms with E-state index in [0.717, 1.165) is 0 Å². The topological polar surface area (TPSA) is 49.3 Å². The van der Waals surface area contributed by atoms with E-state index >= 15 is 0 Å². The molecule has 0 spiro atoms. The number of hydrogen-bond donors (Lipinski definition) is 2. The van der Waals surface area contributed by atoms with Crippen molar-refractivity contribution in [3.05, 3.63) is 33.8 Å². The molecule has 0 bridgehead atoms. The smallest absolute Gasteiger partial charge is 0.253 e. The minimum Gasteiger partial charge on any atom is -0.388 e. The third-order valence-electron chi connectivity index (χ3n) is 3.13. The first-order valence-corrected chi connectivity index (χ1v) is 6.30. The molecule has 1 amide bonds. The average molecular weight is 290 g/mol. The maximum Gasteiger partial charge on any atom is 0.253 e. The van der Waals surface area contributed by atoms with Crippen molar-refractivity contribution in [3.63, 3.8) is 0 Å². The Labute approximate surface area is 117 Å². The van der Waals surface area contributed by atoms with Crippen LogP contribution in [0, 0.1) is 0 Å². The first-order valence-electron chi connectivity index (χ1n) is 5.54. The molecule has 0 atom stereocenters. The summed E-state index contributed by atoms with van der Waals surface area (Å²) in [7, 11) is 0. The van der Waals surface area contributed by atoms with E-state index in [-0.39, 0.29) is 10.9 Å². The molecule has 100 valence electrons. The van der Waals surface area contributed by atoms with Crippen molar-refractivity contribution in [3.8, 4) is 0 Å². The second kappa shape index (κ2) is 5.08. The standard InChI is InChI=1S/C13H17Cl2NO2/c1-12(2,13(3,4)18)16-11(17)9-6-5-8(14)7-10(9)15/h5-7,18H,1-4H3,(H,16,17). The van der Waals surface area contributed by atoms with Gasteiger partial charge >= 0.3 is 0 Å². The molecule has 5 heteroatoms. The maximum atomic E-state index is 12.1. The van der Waals surface area contributed by atoms with E-state index in [0.29, 0.717) is 10.6 Å². The van der Waals surface area contributed by atoms with Crippen LogP contribution in [-0.4, -0.2) is 22.2 Å². The first-order chi connectivity index (χ1) is 8.04. The third kappa shape index (κ3) is 3.37. The molecule has 0 aliphatic rings. The largest absolute Gasteiger partial charge is 0.388 e. The second-order valence-corrected chi connectivity index (χ2v) is 6.11. The predicted molar refractivity (Wildman–Crippen MR) is 74.3 cm³/mol. The van der Waals surface area contributed by atoms with Crippen LogP contribution in [0.15, 0.2) is 18.2 Å². The molecule has 0 saturated heterocycles. The van der Waals surface area contributed by atoms with Gasteiger partial charge < -0.3 is 10.4 Å². The molecule has 0 aromatic heterocycles. The Hall–Kier alpha value is -0.770. The lowest BCUT2D eigenvalue weighted by Gasteiger charge is -2.38. The van der Waals surface area contributed by atoms with Crippen molar-refractivity contribution < 1.29 is 9.90 Å². The Morgan fingerprint density at radius 1 is 1.22 bits per heavy atom. The number of rotatable bonds is 3. The minimum absolute atomic E-state index is 0.284. The minimum atomic E-state index is -1.05. The zero-order chi connectivity index (χ0) is 14.1. The molecule has 0 saturated carbocycles. The number of benzene rings is 1. The molecule has 0 aliphatic heterocycles. The fraction of sp³-hybridized carbons (Fsp3) is 0.462. The molecular weight excluding hydrogens is 273 g/mol. The molecule has 0 aliphatic carbocycles. The summed E-state index contributed by atoms with van der Waals surface area (Å²) in [4.78, 5) is 12.1. The average Bonchev–Trinajstić information content (AvgIpc) is 2.14. The summed E-state index contributed by atoms with van der Waals surface area (Å²) in [5.74, 6) is -0.344. The molecule has 0 fully saturated rings. The summed E-state index contributed by atoms with van der Waals surface area (Å²) in [6.07, 6.45) is 0. The molecule has 1 aromatic rings. The van der Waals surface area contributed by atoms with Crippen molar-refractivity contribution in [2.45, 2.75) is 38.8 Å². The Kier molecular flexibility index (Phi) is 4.31. The van der Waals surface area contributed by atoms with Gasteiger partial charge in [0.25, 0.3) is 5.91 Å².